The molecule has 1 aromatic carbocycles. The van der Waals surface area contributed by atoms with Crippen LogP contribution in [-0.2, 0) is 4.79 Å². The van der Waals surface area contributed by atoms with Gasteiger partial charge in [-0.3, -0.25) is 4.79 Å². The van der Waals surface area contributed by atoms with Crippen LogP contribution in [0.5, 0.6) is 11.5 Å². The maximum atomic E-state index is 11.5. The maximum absolute atomic E-state index is 11.5. The number of aliphatic hydroxyl groups is 1. The summed E-state index contributed by atoms with van der Waals surface area (Å²) in [5.41, 5.74) is 0. The molecule has 1 saturated heterocycles. The van der Waals surface area contributed by atoms with E-state index in [1.54, 1.807) is 12.0 Å². The largest absolute Gasteiger partial charge is 0.497 e. The van der Waals surface area contributed by atoms with Crippen LogP contribution in [0.15, 0.2) is 24.3 Å². The minimum absolute atomic E-state index is 0.195. The first-order chi connectivity index (χ1) is 9.72. The number of amides is 1. The van der Waals surface area contributed by atoms with Crippen molar-refractivity contribution in [1.29, 1.82) is 0 Å². The van der Waals surface area contributed by atoms with Crippen LogP contribution in [0.1, 0.15) is 12.8 Å². The number of carbonyl (C=O) groups is 1. The van der Waals surface area contributed by atoms with Crippen molar-refractivity contribution in [2.24, 2.45) is 5.92 Å². The predicted molar refractivity (Wildman–Crippen MR) is 74.9 cm³/mol. The van der Waals surface area contributed by atoms with Crippen molar-refractivity contribution in [2.45, 2.75) is 12.8 Å². The number of benzene rings is 1. The molecule has 5 nitrogen and oxygen atoms in total. The van der Waals surface area contributed by atoms with Gasteiger partial charge in [0, 0.05) is 19.0 Å². The first-order valence-corrected chi connectivity index (χ1v) is 6.88. The Bertz CT molecular complexity index is 432. The zero-order valence-corrected chi connectivity index (χ0v) is 11.7. The number of methoxy groups -OCH3 is 1. The van der Waals surface area contributed by atoms with Gasteiger partial charge in [0.2, 0.25) is 5.91 Å². The van der Waals surface area contributed by atoms with E-state index >= 15 is 0 Å². The zero-order valence-electron chi connectivity index (χ0n) is 11.7. The van der Waals surface area contributed by atoms with Crippen LogP contribution in [0, 0.1) is 5.92 Å². The van der Waals surface area contributed by atoms with Gasteiger partial charge in [0.1, 0.15) is 18.1 Å². The van der Waals surface area contributed by atoms with E-state index in [0.29, 0.717) is 19.1 Å². The van der Waals surface area contributed by atoms with Crippen molar-refractivity contribution in [3.63, 3.8) is 0 Å². The van der Waals surface area contributed by atoms with Crippen molar-refractivity contribution < 1.29 is 19.4 Å². The fourth-order valence-electron chi connectivity index (χ4n) is 2.41. The molecule has 0 bridgehead atoms. The van der Waals surface area contributed by atoms with Crippen molar-refractivity contribution in [1.82, 2.24) is 4.90 Å². The highest BCUT2D eigenvalue weighted by molar-refractivity contribution is 5.77. The molecule has 0 spiro atoms. The van der Waals surface area contributed by atoms with Crippen LogP contribution in [0.25, 0.3) is 0 Å². The van der Waals surface area contributed by atoms with Crippen LogP contribution in [-0.4, -0.2) is 49.3 Å². The van der Waals surface area contributed by atoms with E-state index in [-0.39, 0.29) is 5.91 Å². The number of piperidine rings is 1. The molecule has 1 atom stereocenters. The van der Waals surface area contributed by atoms with Crippen LogP contribution in [0.2, 0.25) is 0 Å². The number of aliphatic hydroxyl groups excluding tert-OH is 1. The quantitative estimate of drug-likeness (QED) is 0.882. The zero-order chi connectivity index (χ0) is 14.4. The summed E-state index contributed by atoms with van der Waals surface area (Å²) in [5.74, 6) is 1.73. The van der Waals surface area contributed by atoms with Crippen molar-refractivity contribution >= 4 is 5.91 Å². The van der Waals surface area contributed by atoms with Gasteiger partial charge in [0.05, 0.1) is 13.7 Å². The lowest BCUT2D eigenvalue weighted by Gasteiger charge is -2.32. The van der Waals surface area contributed by atoms with Crippen LogP contribution in [0.4, 0.5) is 0 Å². The lowest BCUT2D eigenvalue weighted by molar-refractivity contribution is -0.136. The van der Waals surface area contributed by atoms with E-state index in [0.717, 1.165) is 30.9 Å². The topological polar surface area (TPSA) is 59.0 Å². The standard InChI is InChI=1S/C15H21NO4/c1-19-13-4-6-14(7-5-13)20-11-12-3-2-8-16(9-12)15(18)10-17/h4-7,12,17H,2-3,8-11H2,1H3/t12-/m0/s1. The molecule has 110 valence electrons. The number of hydrogen-bond donors (Lipinski definition) is 1. The third kappa shape index (κ3) is 3.87. The molecule has 20 heavy (non-hydrogen) atoms. The number of likely N-dealkylation sites (tertiary alicyclic amines) is 1. The van der Waals surface area contributed by atoms with Gasteiger partial charge in [0.25, 0.3) is 0 Å². The average molecular weight is 279 g/mol. The van der Waals surface area contributed by atoms with E-state index in [4.69, 9.17) is 14.6 Å². The Morgan fingerprint density at radius 3 is 2.70 bits per heavy atom. The highest BCUT2D eigenvalue weighted by Gasteiger charge is 2.23. The maximum Gasteiger partial charge on any atom is 0.248 e. The normalized spacial score (nSPS) is 18.7. The first-order valence-electron chi connectivity index (χ1n) is 6.88. The van der Waals surface area contributed by atoms with Gasteiger partial charge in [-0.15, -0.1) is 0 Å². The Hall–Kier alpha value is -1.75. The molecule has 0 aliphatic carbocycles. The lowest BCUT2D eigenvalue weighted by Crippen LogP contribution is -2.42. The van der Waals surface area contributed by atoms with Crippen molar-refractivity contribution in [3.05, 3.63) is 24.3 Å². The van der Waals surface area contributed by atoms with Gasteiger partial charge < -0.3 is 19.5 Å². The number of ether oxygens (including phenoxy) is 2. The summed E-state index contributed by atoms with van der Waals surface area (Å²) in [4.78, 5) is 13.2. The summed E-state index contributed by atoms with van der Waals surface area (Å²) in [6.07, 6.45) is 2.01. The van der Waals surface area contributed by atoms with Crippen molar-refractivity contribution in [3.8, 4) is 11.5 Å². The highest BCUT2D eigenvalue weighted by Crippen LogP contribution is 2.21. The molecule has 1 aromatic rings. The second-order valence-corrected chi connectivity index (χ2v) is 4.99. The Morgan fingerprint density at radius 1 is 1.35 bits per heavy atom. The van der Waals surface area contributed by atoms with E-state index in [1.165, 1.54) is 0 Å². The molecule has 1 aliphatic heterocycles. The third-order valence-corrected chi connectivity index (χ3v) is 3.55. The summed E-state index contributed by atoms with van der Waals surface area (Å²) in [5, 5.41) is 8.90. The molecule has 0 saturated carbocycles. The minimum atomic E-state index is -0.411. The predicted octanol–water partition coefficient (Wildman–Crippen LogP) is 1.30. The number of rotatable bonds is 5. The van der Waals surface area contributed by atoms with Crippen LogP contribution >= 0.6 is 0 Å². The van der Waals surface area contributed by atoms with Crippen molar-refractivity contribution in [2.75, 3.05) is 33.4 Å². The fraction of sp³-hybridized carbons (Fsp3) is 0.533. The first kappa shape index (κ1) is 14.7. The summed E-state index contributed by atoms with van der Waals surface area (Å²) in [6, 6.07) is 7.46. The second kappa shape index (κ2) is 7.14. The lowest BCUT2D eigenvalue weighted by atomic mass is 9.99. The number of hydrogen-bond acceptors (Lipinski definition) is 4. The van der Waals surface area contributed by atoms with E-state index in [1.807, 2.05) is 24.3 Å². The van der Waals surface area contributed by atoms with Gasteiger partial charge in [-0.1, -0.05) is 0 Å². The minimum Gasteiger partial charge on any atom is -0.497 e. The molecule has 2 rings (SSSR count). The molecule has 1 fully saturated rings. The molecule has 5 heteroatoms. The Balaban J connectivity index is 1.82. The van der Waals surface area contributed by atoms with Crippen LogP contribution < -0.4 is 9.47 Å². The van der Waals surface area contributed by atoms with E-state index in [9.17, 15) is 4.79 Å². The van der Waals surface area contributed by atoms with Gasteiger partial charge in [-0.05, 0) is 37.1 Å². The molecule has 0 unspecified atom stereocenters. The number of carbonyl (C=O) groups excluding carboxylic acids is 1. The van der Waals surface area contributed by atoms with E-state index in [2.05, 4.69) is 0 Å². The van der Waals surface area contributed by atoms with Gasteiger partial charge in [-0.25, -0.2) is 0 Å². The smallest absolute Gasteiger partial charge is 0.248 e. The molecule has 1 amide bonds. The Labute approximate surface area is 119 Å². The summed E-state index contributed by atoms with van der Waals surface area (Å²) in [6.45, 7) is 1.57. The molecule has 1 aliphatic rings. The summed E-state index contributed by atoms with van der Waals surface area (Å²) < 4.78 is 10.8. The van der Waals surface area contributed by atoms with E-state index < -0.39 is 6.61 Å². The highest BCUT2D eigenvalue weighted by atomic mass is 16.5. The van der Waals surface area contributed by atoms with Crippen LogP contribution in [0.3, 0.4) is 0 Å². The molecule has 1 N–H and O–H groups in total. The summed E-state index contributed by atoms with van der Waals surface area (Å²) in [7, 11) is 1.63. The van der Waals surface area contributed by atoms with Gasteiger partial charge in [0.15, 0.2) is 0 Å². The number of nitrogens with zero attached hydrogens (tertiary/aromatic N) is 1. The Kier molecular flexibility index (Phi) is 5.24. The molecular formula is C15H21NO4. The van der Waals surface area contributed by atoms with Gasteiger partial charge >= 0.3 is 0 Å². The molecule has 0 radical (unpaired) electrons. The SMILES string of the molecule is COc1ccc(OC[C@H]2CCCN(C(=O)CO)C2)cc1. The monoisotopic (exact) mass is 279 g/mol. The third-order valence-electron chi connectivity index (χ3n) is 3.55. The average Bonchev–Trinajstić information content (AvgIpc) is 2.53. The molecule has 1 heterocycles. The van der Waals surface area contributed by atoms with Gasteiger partial charge in [-0.2, -0.15) is 0 Å². The fourth-order valence-corrected chi connectivity index (χ4v) is 2.41. The summed E-state index contributed by atoms with van der Waals surface area (Å²) >= 11 is 0. The molecule has 0 aromatic heterocycles. The Morgan fingerprint density at radius 2 is 2.05 bits per heavy atom. The molecular weight excluding hydrogens is 258 g/mol. The second-order valence-electron chi connectivity index (χ2n) is 4.99.